The van der Waals surface area contributed by atoms with Crippen molar-refractivity contribution in [1.82, 2.24) is 4.90 Å². The van der Waals surface area contributed by atoms with Gasteiger partial charge in [-0.3, -0.25) is 4.79 Å². The Labute approximate surface area is 188 Å². The highest BCUT2D eigenvalue weighted by molar-refractivity contribution is 5.75. The molecule has 0 spiro atoms. The highest BCUT2D eigenvalue weighted by Crippen LogP contribution is 2.68. The van der Waals surface area contributed by atoms with Gasteiger partial charge in [0, 0.05) is 20.5 Å². The molecule has 4 fully saturated rings. The first-order chi connectivity index (χ1) is 14.5. The Balaban J connectivity index is 1.56. The summed E-state index contributed by atoms with van der Waals surface area (Å²) < 4.78 is 0. The van der Waals surface area contributed by atoms with Crippen LogP contribution in [0, 0.1) is 46.3 Å². The van der Waals surface area contributed by atoms with Gasteiger partial charge in [0.1, 0.15) is 0 Å². The van der Waals surface area contributed by atoms with Gasteiger partial charge in [-0.15, -0.1) is 0 Å². The third-order valence-electron chi connectivity index (χ3n) is 10.8. The van der Waals surface area contributed by atoms with E-state index in [1.165, 1.54) is 0 Å². The molecule has 0 aromatic rings. The number of hydrogen-bond donors (Lipinski definition) is 3. The van der Waals surface area contributed by atoms with Crippen molar-refractivity contribution < 1.29 is 20.1 Å². The number of carbonyl (C=O) groups excluding carboxylic acids is 1. The summed E-state index contributed by atoms with van der Waals surface area (Å²) in [7, 11) is 3.63. The molecule has 4 aliphatic rings. The molecule has 1 amide bonds. The summed E-state index contributed by atoms with van der Waals surface area (Å²) in [6, 6.07) is 0. The fourth-order valence-electron chi connectivity index (χ4n) is 8.91. The molecule has 4 aliphatic carbocycles. The molecule has 4 rings (SSSR count). The summed E-state index contributed by atoms with van der Waals surface area (Å²) in [5, 5.41) is 33.2. The Morgan fingerprint density at radius 3 is 2.42 bits per heavy atom. The molecule has 0 heterocycles. The van der Waals surface area contributed by atoms with Gasteiger partial charge in [0.2, 0.25) is 5.91 Å². The van der Waals surface area contributed by atoms with E-state index in [0.717, 1.165) is 51.4 Å². The number of fused-ring (bicyclic) bond motifs is 5. The fourth-order valence-corrected chi connectivity index (χ4v) is 8.91. The second kappa shape index (κ2) is 8.29. The van der Waals surface area contributed by atoms with Crippen LogP contribution in [-0.4, -0.2) is 58.5 Å². The van der Waals surface area contributed by atoms with Gasteiger partial charge in [-0.25, -0.2) is 0 Å². The van der Waals surface area contributed by atoms with E-state index in [-0.39, 0.29) is 41.0 Å². The Bertz CT molecular complexity index is 682. The van der Waals surface area contributed by atoms with E-state index in [4.69, 9.17) is 0 Å². The van der Waals surface area contributed by atoms with Gasteiger partial charge in [-0.2, -0.15) is 0 Å². The summed E-state index contributed by atoms with van der Waals surface area (Å²) in [5.41, 5.74) is -0.0621. The molecule has 0 aromatic carbocycles. The van der Waals surface area contributed by atoms with E-state index in [1.54, 1.807) is 4.90 Å². The third-order valence-corrected chi connectivity index (χ3v) is 10.8. The summed E-state index contributed by atoms with van der Waals surface area (Å²) in [6.45, 7) is 6.92. The van der Waals surface area contributed by atoms with Crippen LogP contribution in [0.25, 0.3) is 0 Å². The van der Waals surface area contributed by atoms with Crippen molar-refractivity contribution in [1.29, 1.82) is 0 Å². The van der Waals surface area contributed by atoms with Crippen molar-refractivity contribution in [2.24, 2.45) is 46.3 Å². The lowest BCUT2D eigenvalue weighted by Gasteiger charge is -2.63. The minimum atomic E-state index is -0.354. The van der Waals surface area contributed by atoms with E-state index in [1.807, 2.05) is 14.1 Å². The van der Waals surface area contributed by atoms with E-state index >= 15 is 0 Å². The lowest BCUT2D eigenvalue weighted by Crippen LogP contribution is -2.62. The lowest BCUT2D eigenvalue weighted by molar-refractivity contribution is -0.207. The zero-order valence-electron chi connectivity index (χ0n) is 20.3. The Morgan fingerprint density at radius 2 is 1.74 bits per heavy atom. The molecule has 0 radical (unpaired) electrons. The van der Waals surface area contributed by atoms with Crippen LogP contribution in [0.15, 0.2) is 0 Å². The first-order valence-corrected chi connectivity index (χ1v) is 12.7. The molecule has 0 aromatic heterocycles. The van der Waals surface area contributed by atoms with Crippen LogP contribution in [0.1, 0.15) is 78.6 Å². The highest BCUT2D eigenvalue weighted by atomic mass is 16.3. The predicted molar refractivity (Wildman–Crippen MR) is 121 cm³/mol. The first kappa shape index (κ1) is 23.5. The lowest BCUT2D eigenvalue weighted by atomic mass is 9.43. The largest absolute Gasteiger partial charge is 0.393 e. The zero-order valence-corrected chi connectivity index (χ0v) is 20.3. The highest BCUT2D eigenvalue weighted by Gasteiger charge is 2.65. The maximum Gasteiger partial charge on any atom is 0.222 e. The molecule has 11 atom stereocenters. The van der Waals surface area contributed by atoms with Gasteiger partial charge in [0.15, 0.2) is 0 Å². The van der Waals surface area contributed by atoms with E-state index in [0.29, 0.717) is 36.0 Å². The topological polar surface area (TPSA) is 81.0 Å². The number of hydrogen-bond acceptors (Lipinski definition) is 4. The average Bonchev–Trinajstić information content (AvgIpc) is 3.06. The monoisotopic (exact) mass is 435 g/mol. The minimum Gasteiger partial charge on any atom is -0.393 e. The molecule has 5 nitrogen and oxygen atoms in total. The van der Waals surface area contributed by atoms with Crippen LogP contribution in [0.2, 0.25) is 0 Å². The maximum absolute atomic E-state index is 12.1. The van der Waals surface area contributed by atoms with Crippen molar-refractivity contribution in [2.75, 3.05) is 14.1 Å². The van der Waals surface area contributed by atoms with E-state index < -0.39 is 0 Å². The maximum atomic E-state index is 12.1. The Hall–Kier alpha value is -0.650. The number of rotatable bonds is 4. The quantitative estimate of drug-likeness (QED) is 0.632. The average molecular weight is 436 g/mol. The number of nitrogens with zero attached hydrogens (tertiary/aromatic N) is 1. The molecule has 31 heavy (non-hydrogen) atoms. The molecule has 11 unspecified atom stereocenters. The van der Waals surface area contributed by atoms with Gasteiger partial charge in [0.25, 0.3) is 0 Å². The van der Waals surface area contributed by atoms with Gasteiger partial charge in [-0.1, -0.05) is 20.8 Å². The second-order valence-electron chi connectivity index (χ2n) is 12.3. The fraction of sp³-hybridized carbons (Fsp3) is 0.962. The molecule has 178 valence electrons. The molecule has 3 N–H and O–H groups in total. The number of carbonyl (C=O) groups is 1. The van der Waals surface area contributed by atoms with Crippen molar-refractivity contribution in [3.05, 3.63) is 0 Å². The van der Waals surface area contributed by atoms with E-state index in [2.05, 4.69) is 20.8 Å². The molecule has 0 saturated heterocycles. The molecule has 5 heteroatoms. The normalized spacial score (nSPS) is 50.2. The van der Waals surface area contributed by atoms with Gasteiger partial charge >= 0.3 is 0 Å². The van der Waals surface area contributed by atoms with E-state index in [9.17, 15) is 20.1 Å². The van der Waals surface area contributed by atoms with Crippen LogP contribution in [0.3, 0.4) is 0 Å². The number of aliphatic hydroxyl groups is 3. The molecule has 0 bridgehead atoms. The molecular weight excluding hydrogens is 390 g/mol. The number of aliphatic hydroxyl groups excluding tert-OH is 3. The predicted octanol–water partition coefficient (Wildman–Crippen LogP) is 3.45. The summed E-state index contributed by atoms with van der Waals surface area (Å²) in [5.74, 6) is 2.26. The Morgan fingerprint density at radius 1 is 1.03 bits per heavy atom. The molecular formula is C26H45NO4. The van der Waals surface area contributed by atoms with Crippen molar-refractivity contribution in [3.8, 4) is 0 Å². The van der Waals surface area contributed by atoms with Crippen LogP contribution >= 0.6 is 0 Å². The summed E-state index contributed by atoms with van der Waals surface area (Å²) >= 11 is 0. The van der Waals surface area contributed by atoms with Crippen LogP contribution in [-0.2, 0) is 4.79 Å². The first-order valence-electron chi connectivity index (χ1n) is 12.7. The summed E-state index contributed by atoms with van der Waals surface area (Å²) in [6.07, 6.45) is 6.92. The van der Waals surface area contributed by atoms with Gasteiger partial charge in [0.05, 0.1) is 18.3 Å². The molecule has 4 saturated carbocycles. The van der Waals surface area contributed by atoms with Gasteiger partial charge in [-0.05, 0) is 97.7 Å². The smallest absolute Gasteiger partial charge is 0.222 e. The SMILES string of the molecule is CC(CCC(=O)N(C)C)C1CCC2C3C(O)CC4CC(O)CCC4(C)C3CC(O)C12C. The standard InChI is InChI=1S/C26H45NO4/c1-15(6-9-23(31)27(4)5)18-7-8-19-24-20(14-22(30)26(18,19)3)25(2)11-10-17(28)12-16(25)13-21(24)29/h15-22,24,28-30H,6-14H2,1-5H3. The Kier molecular flexibility index (Phi) is 6.28. The van der Waals surface area contributed by atoms with Crippen molar-refractivity contribution >= 4 is 5.91 Å². The van der Waals surface area contributed by atoms with Crippen molar-refractivity contribution in [3.63, 3.8) is 0 Å². The molecule has 0 aliphatic heterocycles. The van der Waals surface area contributed by atoms with Crippen LogP contribution in [0.4, 0.5) is 0 Å². The number of amides is 1. The van der Waals surface area contributed by atoms with Crippen LogP contribution < -0.4 is 0 Å². The van der Waals surface area contributed by atoms with Crippen molar-refractivity contribution in [2.45, 2.75) is 96.9 Å². The zero-order chi connectivity index (χ0) is 22.7. The summed E-state index contributed by atoms with van der Waals surface area (Å²) in [4.78, 5) is 13.8. The minimum absolute atomic E-state index is 0.118. The third kappa shape index (κ3) is 3.67. The second-order valence-corrected chi connectivity index (χ2v) is 12.3. The van der Waals surface area contributed by atoms with Crippen LogP contribution in [0.5, 0.6) is 0 Å². The van der Waals surface area contributed by atoms with Gasteiger partial charge < -0.3 is 20.2 Å².